The number of aliphatic hydroxyl groups excluding tert-OH is 1. The molecule has 0 aliphatic heterocycles. The Morgan fingerprint density at radius 3 is 1.19 bits per heavy atom. The van der Waals surface area contributed by atoms with Crippen LogP contribution in [0.25, 0.3) is 0 Å². The first-order valence-electron chi connectivity index (χ1n) is 23.6. The highest BCUT2D eigenvalue weighted by molar-refractivity contribution is 5.69. The van der Waals surface area contributed by atoms with Crippen molar-refractivity contribution in [2.45, 2.75) is 251 Å². The Hall–Kier alpha value is -1.39. The van der Waals surface area contributed by atoms with Crippen molar-refractivity contribution in [3.8, 4) is 0 Å². The van der Waals surface area contributed by atoms with Crippen LogP contribution in [-0.4, -0.2) is 37.0 Å². The van der Waals surface area contributed by atoms with Gasteiger partial charge in [-0.1, -0.05) is 224 Å². The first-order valence-corrected chi connectivity index (χ1v) is 23.6. The molecule has 0 amide bonds. The Morgan fingerprint density at radius 1 is 0.453 bits per heavy atom. The third-order valence-corrected chi connectivity index (χ3v) is 10.5. The summed E-state index contributed by atoms with van der Waals surface area (Å²) < 4.78 is 11.2. The molecular weight excluding hydrogens is 653 g/mol. The van der Waals surface area contributed by atoms with Crippen LogP contribution in [-0.2, 0) is 14.3 Å². The molecule has 0 radical (unpaired) electrons. The Labute approximate surface area is 331 Å². The van der Waals surface area contributed by atoms with Gasteiger partial charge < -0.3 is 14.6 Å². The predicted molar refractivity (Wildman–Crippen MR) is 233 cm³/mol. The van der Waals surface area contributed by atoms with Gasteiger partial charge in [0.2, 0.25) is 0 Å². The molecule has 1 atom stereocenters. The number of hydrogen-bond acceptors (Lipinski definition) is 4. The van der Waals surface area contributed by atoms with Crippen molar-refractivity contribution in [3.63, 3.8) is 0 Å². The molecular formula is C49H92O4. The molecule has 1 unspecified atom stereocenters. The highest BCUT2D eigenvalue weighted by Crippen LogP contribution is 2.15. The van der Waals surface area contributed by atoms with E-state index in [0.717, 1.165) is 44.9 Å². The number of aliphatic hydroxyl groups is 1. The van der Waals surface area contributed by atoms with E-state index in [0.29, 0.717) is 19.6 Å². The summed E-state index contributed by atoms with van der Waals surface area (Å²) in [6.45, 7) is 5.36. The Morgan fingerprint density at radius 2 is 0.792 bits per heavy atom. The van der Waals surface area contributed by atoms with Gasteiger partial charge in [0.1, 0.15) is 6.10 Å². The molecule has 0 bridgehead atoms. The monoisotopic (exact) mass is 745 g/mol. The largest absolute Gasteiger partial charge is 0.457 e. The van der Waals surface area contributed by atoms with Crippen LogP contribution in [0.15, 0.2) is 36.5 Å². The lowest BCUT2D eigenvalue weighted by Crippen LogP contribution is -2.27. The summed E-state index contributed by atoms with van der Waals surface area (Å²) in [7, 11) is 0. The molecule has 4 heteroatoms. The van der Waals surface area contributed by atoms with Crippen molar-refractivity contribution in [1.82, 2.24) is 0 Å². The van der Waals surface area contributed by atoms with Gasteiger partial charge in [-0.05, 0) is 51.4 Å². The first-order chi connectivity index (χ1) is 26.2. The summed E-state index contributed by atoms with van der Waals surface area (Å²) in [6.07, 6.45) is 59.3. The third kappa shape index (κ3) is 44.9. The van der Waals surface area contributed by atoms with E-state index in [9.17, 15) is 9.90 Å². The minimum Gasteiger partial charge on any atom is -0.457 e. The minimum atomic E-state index is -0.539. The van der Waals surface area contributed by atoms with Crippen LogP contribution >= 0.6 is 0 Å². The SMILES string of the molecule is CCCCCCC/C=C\C/C=C\C/C=C\CCCCCCCCC(=O)OC(CO)COCCCCCCCCCCCCCCCCCCCCCC. The number of hydrogen-bond donors (Lipinski definition) is 1. The Balaban J connectivity index is 3.42. The molecule has 0 saturated carbocycles. The van der Waals surface area contributed by atoms with Gasteiger partial charge in [-0.3, -0.25) is 4.79 Å². The van der Waals surface area contributed by atoms with Crippen molar-refractivity contribution >= 4 is 5.97 Å². The molecule has 0 spiro atoms. The van der Waals surface area contributed by atoms with E-state index in [1.165, 1.54) is 180 Å². The lowest BCUT2D eigenvalue weighted by atomic mass is 10.0. The van der Waals surface area contributed by atoms with E-state index in [1.807, 2.05) is 0 Å². The second-order valence-corrected chi connectivity index (χ2v) is 15.8. The molecule has 0 fully saturated rings. The van der Waals surface area contributed by atoms with Crippen LogP contribution in [0.4, 0.5) is 0 Å². The zero-order valence-electron chi connectivity index (χ0n) is 35.8. The van der Waals surface area contributed by atoms with E-state index in [1.54, 1.807) is 0 Å². The van der Waals surface area contributed by atoms with Crippen molar-refractivity contribution < 1.29 is 19.4 Å². The summed E-state index contributed by atoms with van der Waals surface area (Å²) in [5.74, 6) is -0.209. The van der Waals surface area contributed by atoms with Crippen LogP contribution in [0.5, 0.6) is 0 Å². The number of rotatable bonds is 44. The smallest absolute Gasteiger partial charge is 0.306 e. The molecule has 0 heterocycles. The summed E-state index contributed by atoms with van der Waals surface area (Å²) in [5.41, 5.74) is 0. The summed E-state index contributed by atoms with van der Waals surface area (Å²) >= 11 is 0. The topological polar surface area (TPSA) is 55.8 Å². The molecule has 0 aromatic heterocycles. The Bertz CT molecular complexity index is 787. The molecule has 0 saturated heterocycles. The van der Waals surface area contributed by atoms with Crippen LogP contribution in [0.3, 0.4) is 0 Å². The number of allylic oxidation sites excluding steroid dienone is 6. The fraction of sp³-hybridized carbons (Fsp3) is 0.857. The molecule has 53 heavy (non-hydrogen) atoms. The van der Waals surface area contributed by atoms with E-state index in [2.05, 4.69) is 50.3 Å². The second-order valence-electron chi connectivity index (χ2n) is 15.8. The molecule has 0 aromatic rings. The van der Waals surface area contributed by atoms with Gasteiger partial charge >= 0.3 is 5.97 Å². The zero-order chi connectivity index (χ0) is 38.4. The molecule has 0 rings (SSSR count). The van der Waals surface area contributed by atoms with Gasteiger partial charge in [0.05, 0.1) is 13.2 Å². The standard InChI is InChI=1S/C49H92O4/c1-3-5-7-9-11-13-15-17-19-21-23-25-26-28-30-32-34-36-38-40-42-44-49(51)53-48(46-50)47-52-45-43-41-39-37-35-33-31-29-27-24-22-20-18-16-14-12-10-8-6-4-2/h15,17,21,23,26,28,48,50H,3-14,16,18-20,22,24-25,27,29-47H2,1-2H3/b17-15-,23-21-,28-26-. The maximum atomic E-state index is 12.2. The van der Waals surface area contributed by atoms with Crippen LogP contribution < -0.4 is 0 Å². The van der Waals surface area contributed by atoms with Crippen molar-refractivity contribution in [3.05, 3.63) is 36.5 Å². The molecule has 1 N–H and O–H groups in total. The minimum absolute atomic E-state index is 0.174. The average molecular weight is 745 g/mol. The van der Waals surface area contributed by atoms with Gasteiger partial charge in [-0.15, -0.1) is 0 Å². The highest BCUT2D eigenvalue weighted by atomic mass is 16.6. The number of carbonyl (C=O) groups excluding carboxylic acids is 1. The lowest BCUT2D eigenvalue weighted by Gasteiger charge is -2.16. The fourth-order valence-electron chi connectivity index (χ4n) is 6.93. The van der Waals surface area contributed by atoms with Crippen molar-refractivity contribution in [2.75, 3.05) is 19.8 Å². The van der Waals surface area contributed by atoms with Crippen LogP contribution in [0, 0.1) is 0 Å². The molecule has 4 nitrogen and oxygen atoms in total. The summed E-state index contributed by atoms with van der Waals surface area (Å²) in [5, 5.41) is 9.63. The third-order valence-electron chi connectivity index (χ3n) is 10.5. The van der Waals surface area contributed by atoms with Crippen LogP contribution in [0.1, 0.15) is 245 Å². The van der Waals surface area contributed by atoms with E-state index in [4.69, 9.17) is 9.47 Å². The van der Waals surface area contributed by atoms with Gasteiger partial charge in [0.25, 0.3) is 0 Å². The van der Waals surface area contributed by atoms with E-state index < -0.39 is 6.10 Å². The second kappa shape index (κ2) is 46.8. The van der Waals surface area contributed by atoms with Gasteiger partial charge in [-0.2, -0.15) is 0 Å². The van der Waals surface area contributed by atoms with Gasteiger partial charge in [0, 0.05) is 13.0 Å². The number of carbonyl (C=O) groups is 1. The maximum Gasteiger partial charge on any atom is 0.306 e. The summed E-state index contributed by atoms with van der Waals surface area (Å²) in [4.78, 5) is 12.2. The normalized spacial score (nSPS) is 12.6. The van der Waals surface area contributed by atoms with E-state index in [-0.39, 0.29) is 12.6 Å². The highest BCUT2D eigenvalue weighted by Gasteiger charge is 2.13. The first kappa shape index (κ1) is 51.6. The molecule has 0 aliphatic carbocycles. The number of ether oxygens (including phenoxy) is 2. The quantitative estimate of drug-likeness (QED) is 0.0383. The summed E-state index contributed by atoms with van der Waals surface area (Å²) in [6, 6.07) is 0. The fourth-order valence-corrected chi connectivity index (χ4v) is 6.93. The van der Waals surface area contributed by atoms with Crippen molar-refractivity contribution in [2.24, 2.45) is 0 Å². The lowest BCUT2D eigenvalue weighted by molar-refractivity contribution is -0.154. The molecule has 0 aromatic carbocycles. The van der Waals surface area contributed by atoms with Gasteiger partial charge in [-0.25, -0.2) is 0 Å². The maximum absolute atomic E-state index is 12.2. The predicted octanol–water partition coefficient (Wildman–Crippen LogP) is 15.7. The number of unbranched alkanes of at least 4 members (excludes halogenated alkanes) is 30. The average Bonchev–Trinajstić information content (AvgIpc) is 3.16. The number of esters is 1. The molecule has 312 valence electrons. The van der Waals surface area contributed by atoms with Crippen molar-refractivity contribution in [1.29, 1.82) is 0 Å². The van der Waals surface area contributed by atoms with Gasteiger partial charge in [0.15, 0.2) is 0 Å². The molecule has 0 aliphatic rings. The van der Waals surface area contributed by atoms with E-state index >= 15 is 0 Å². The van der Waals surface area contributed by atoms with Crippen LogP contribution in [0.2, 0.25) is 0 Å². The Kier molecular flexibility index (Phi) is 45.5. The zero-order valence-corrected chi connectivity index (χ0v) is 35.8.